The largest absolute Gasteiger partial charge is 0.424 e. The number of benzene rings is 3. The molecule has 3 rings (SSSR count). The van der Waals surface area contributed by atoms with Crippen LogP contribution in [0.4, 0.5) is 16.2 Å². The van der Waals surface area contributed by atoms with Crippen molar-refractivity contribution in [2.24, 2.45) is 0 Å². The van der Waals surface area contributed by atoms with Gasteiger partial charge in [0, 0.05) is 6.07 Å². The van der Waals surface area contributed by atoms with Gasteiger partial charge in [0.15, 0.2) is 0 Å². The molecule has 3 nitrogen and oxygen atoms in total. The molecule has 0 saturated carbocycles. The molecule has 27 heavy (non-hydrogen) atoms. The van der Waals surface area contributed by atoms with Crippen molar-refractivity contribution in [2.75, 3.05) is 4.90 Å². The molecule has 3 aromatic carbocycles. The SMILES string of the molecule is Cc1cc(C(C)(C)C)c[c]c1OC(=O)N(c1ccccc1)c1ccccc1. The lowest BCUT2D eigenvalue weighted by atomic mass is 9.86. The molecule has 0 unspecified atom stereocenters. The third-order valence-electron chi connectivity index (χ3n) is 4.36. The molecule has 0 saturated heterocycles. The van der Waals surface area contributed by atoms with Crippen LogP contribution in [0.25, 0.3) is 0 Å². The van der Waals surface area contributed by atoms with E-state index >= 15 is 0 Å². The summed E-state index contributed by atoms with van der Waals surface area (Å²) in [6.07, 6.45) is -0.463. The quantitative estimate of drug-likeness (QED) is 0.540. The summed E-state index contributed by atoms with van der Waals surface area (Å²) in [6.45, 7) is 8.37. The fourth-order valence-electron chi connectivity index (χ4n) is 2.79. The fraction of sp³-hybridized carbons (Fsp3) is 0.208. The molecule has 3 aromatic rings. The van der Waals surface area contributed by atoms with Crippen LogP contribution in [0.1, 0.15) is 31.9 Å². The number of ether oxygens (including phenoxy) is 1. The first-order chi connectivity index (χ1) is 12.9. The van der Waals surface area contributed by atoms with E-state index in [1.807, 2.05) is 73.7 Å². The Hall–Kier alpha value is -3.07. The molecule has 137 valence electrons. The van der Waals surface area contributed by atoms with Crippen LogP contribution in [-0.4, -0.2) is 6.09 Å². The van der Waals surface area contributed by atoms with Crippen LogP contribution in [0.2, 0.25) is 0 Å². The average Bonchev–Trinajstić information content (AvgIpc) is 2.64. The van der Waals surface area contributed by atoms with Gasteiger partial charge in [0.05, 0.1) is 11.4 Å². The lowest BCUT2D eigenvalue weighted by Gasteiger charge is -2.23. The molecule has 0 bridgehead atoms. The van der Waals surface area contributed by atoms with E-state index in [-0.39, 0.29) is 5.41 Å². The van der Waals surface area contributed by atoms with Crippen LogP contribution < -0.4 is 9.64 Å². The van der Waals surface area contributed by atoms with Gasteiger partial charge in [-0.1, -0.05) is 63.2 Å². The highest BCUT2D eigenvalue weighted by atomic mass is 16.6. The van der Waals surface area contributed by atoms with Crippen molar-refractivity contribution in [1.82, 2.24) is 0 Å². The second-order valence-electron chi connectivity index (χ2n) is 7.52. The minimum Gasteiger partial charge on any atom is -0.409 e. The topological polar surface area (TPSA) is 29.5 Å². The van der Waals surface area contributed by atoms with E-state index in [1.165, 1.54) is 0 Å². The van der Waals surface area contributed by atoms with Crippen LogP contribution in [0.15, 0.2) is 72.8 Å². The summed E-state index contributed by atoms with van der Waals surface area (Å²) in [4.78, 5) is 14.6. The molecule has 0 heterocycles. The first-order valence-corrected chi connectivity index (χ1v) is 9.01. The van der Waals surface area contributed by atoms with Crippen LogP contribution >= 0.6 is 0 Å². The van der Waals surface area contributed by atoms with Crippen molar-refractivity contribution >= 4 is 17.5 Å². The predicted octanol–water partition coefficient (Wildman–Crippen LogP) is 6.43. The summed E-state index contributed by atoms with van der Waals surface area (Å²) in [5.74, 6) is 0.449. The number of anilines is 2. The fourth-order valence-corrected chi connectivity index (χ4v) is 2.79. The van der Waals surface area contributed by atoms with E-state index in [0.717, 1.165) is 22.5 Å². The van der Waals surface area contributed by atoms with Gasteiger partial charge in [0.2, 0.25) is 0 Å². The van der Waals surface area contributed by atoms with E-state index in [4.69, 9.17) is 4.74 Å². The summed E-state index contributed by atoms with van der Waals surface area (Å²) < 4.78 is 5.72. The Bertz CT molecular complexity index is 873. The molecule has 0 aliphatic carbocycles. The third kappa shape index (κ3) is 4.37. The first kappa shape index (κ1) is 18.7. The molecule has 1 amide bonds. The Balaban J connectivity index is 1.92. The second-order valence-corrected chi connectivity index (χ2v) is 7.52. The van der Waals surface area contributed by atoms with Crippen molar-refractivity contribution in [3.05, 3.63) is 90.0 Å². The molecule has 0 fully saturated rings. The van der Waals surface area contributed by atoms with E-state index in [1.54, 1.807) is 4.90 Å². The summed E-state index contributed by atoms with van der Waals surface area (Å²) in [5.41, 5.74) is 3.55. The van der Waals surface area contributed by atoms with Gasteiger partial charge in [-0.05, 0) is 53.8 Å². The van der Waals surface area contributed by atoms with E-state index in [2.05, 4.69) is 32.9 Å². The van der Waals surface area contributed by atoms with Crippen LogP contribution in [-0.2, 0) is 5.41 Å². The van der Waals surface area contributed by atoms with Gasteiger partial charge < -0.3 is 4.74 Å². The number of hydrogen-bond donors (Lipinski definition) is 0. The zero-order valence-electron chi connectivity index (χ0n) is 16.2. The van der Waals surface area contributed by atoms with Crippen molar-refractivity contribution in [1.29, 1.82) is 0 Å². The van der Waals surface area contributed by atoms with Gasteiger partial charge in [0.25, 0.3) is 0 Å². The van der Waals surface area contributed by atoms with Crippen LogP contribution in [0.3, 0.4) is 0 Å². The normalized spacial score (nSPS) is 11.1. The highest BCUT2D eigenvalue weighted by Crippen LogP contribution is 2.30. The maximum Gasteiger partial charge on any atom is 0.424 e. The maximum absolute atomic E-state index is 13.0. The van der Waals surface area contributed by atoms with Crippen LogP contribution in [0, 0.1) is 13.0 Å². The minimum atomic E-state index is -0.463. The number of aryl methyl sites for hydroxylation is 1. The number of hydrogen-bond acceptors (Lipinski definition) is 2. The maximum atomic E-state index is 13.0. The molecular weight excluding hydrogens is 334 g/mol. The number of para-hydroxylation sites is 2. The second kappa shape index (κ2) is 7.67. The Labute approximate surface area is 161 Å². The summed E-state index contributed by atoms with van der Waals surface area (Å²) in [6, 6.07) is 26.0. The molecule has 1 radical (unpaired) electrons. The zero-order valence-corrected chi connectivity index (χ0v) is 16.2. The van der Waals surface area contributed by atoms with E-state index in [0.29, 0.717) is 5.75 Å². The molecule has 0 N–H and O–H groups in total. The lowest BCUT2D eigenvalue weighted by molar-refractivity contribution is 0.210. The average molecular weight is 358 g/mol. The van der Waals surface area contributed by atoms with E-state index < -0.39 is 6.09 Å². The third-order valence-corrected chi connectivity index (χ3v) is 4.36. The Morgan fingerprint density at radius 2 is 1.44 bits per heavy atom. The molecule has 0 aliphatic heterocycles. The number of carbonyl (C=O) groups is 1. The molecule has 0 aliphatic rings. The summed E-state index contributed by atoms with van der Waals surface area (Å²) >= 11 is 0. The van der Waals surface area contributed by atoms with Gasteiger partial charge in [-0.15, -0.1) is 0 Å². The Kier molecular flexibility index (Phi) is 5.31. The van der Waals surface area contributed by atoms with Crippen molar-refractivity contribution in [2.45, 2.75) is 33.1 Å². The molecule has 3 heteroatoms. The molecular formula is C24H24NO2. The summed E-state index contributed by atoms with van der Waals surface area (Å²) in [7, 11) is 0. The molecule has 0 atom stereocenters. The monoisotopic (exact) mass is 358 g/mol. The van der Waals surface area contributed by atoms with Crippen molar-refractivity contribution in [3.8, 4) is 5.75 Å². The molecule has 0 aromatic heterocycles. The van der Waals surface area contributed by atoms with Gasteiger partial charge in [-0.2, -0.15) is 0 Å². The summed E-state index contributed by atoms with van der Waals surface area (Å²) in [5, 5.41) is 0. The first-order valence-electron chi connectivity index (χ1n) is 9.01. The number of amides is 1. The van der Waals surface area contributed by atoms with Crippen LogP contribution in [0.5, 0.6) is 5.75 Å². The lowest BCUT2D eigenvalue weighted by Crippen LogP contribution is -2.29. The van der Waals surface area contributed by atoms with E-state index in [9.17, 15) is 4.79 Å². The zero-order chi connectivity index (χ0) is 19.4. The number of rotatable bonds is 3. The van der Waals surface area contributed by atoms with Gasteiger partial charge in [0.1, 0.15) is 5.75 Å². The minimum absolute atomic E-state index is 0.0178. The standard InChI is InChI=1S/C24H24NO2/c1-18-17-19(24(2,3)4)15-16-22(18)27-23(26)25(20-11-7-5-8-12-20)21-13-9-6-10-14-21/h5-15,17H,1-4H3. The smallest absolute Gasteiger partial charge is 0.409 e. The number of nitrogens with zero attached hydrogens (tertiary/aromatic N) is 1. The number of carbonyl (C=O) groups excluding carboxylic acids is 1. The van der Waals surface area contributed by atoms with Gasteiger partial charge in [-0.25, -0.2) is 9.69 Å². The Morgan fingerprint density at radius 3 is 1.89 bits per heavy atom. The highest BCUT2D eigenvalue weighted by molar-refractivity contribution is 5.97. The van der Waals surface area contributed by atoms with Gasteiger partial charge in [-0.3, -0.25) is 0 Å². The predicted molar refractivity (Wildman–Crippen MR) is 110 cm³/mol. The van der Waals surface area contributed by atoms with Crippen molar-refractivity contribution in [3.63, 3.8) is 0 Å². The Morgan fingerprint density at radius 1 is 0.926 bits per heavy atom. The highest BCUT2D eigenvalue weighted by Gasteiger charge is 2.22. The molecule has 0 spiro atoms. The van der Waals surface area contributed by atoms with Crippen molar-refractivity contribution < 1.29 is 9.53 Å². The van der Waals surface area contributed by atoms with Gasteiger partial charge >= 0.3 is 6.09 Å².